The van der Waals surface area contributed by atoms with Crippen LogP contribution in [0.3, 0.4) is 0 Å². The molecule has 166 valence electrons. The van der Waals surface area contributed by atoms with Crippen molar-refractivity contribution >= 4 is 46.9 Å². The molecule has 1 aromatic heterocycles. The highest BCUT2D eigenvalue weighted by atomic mass is 35.5. The van der Waals surface area contributed by atoms with Gasteiger partial charge in [-0.15, -0.1) is 0 Å². The number of carbonyl (C=O) groups excluding carboxylic acids is 3. The van der Waals surface area contributed by atoms with Gasteiger partial charge < -0.3 is 9.52 Å². The summed E-state index contributed by atoms with van der Waals surface area (Å²) < 4.78 is 5.57. The van der Waals surface area contributed by atoms with E-state index in [-0.39, 0.29) is 39.8 Å². The molecular weight excluding hydrogens is 454 g/mol. The number of amides is 4. The van der Waals surface area contributed by atoms with Crippen molar-refractivity contribution in [1.29, 1.82) is 0 Å². The van der Waals surface area contributed by atoms with Gasteiger partial charge in [-0.3, -0.25) is 25.0 Å². The number of nitrogens with one attached hydrogen (secondary N) is 1. The van der Waals surface area contributed by atoms with E-state index in [0.717, 1.165) is 34.7 Å². The Kier molecular flexibility index (Phi) is 5.44. The second-order valence-electron chi connectivity index (χ2n) is 7.05. The van der Waals surface area contributed by atoms with E-state index >= 15 is 0 Å². The van der Waals surface area contributed by atoms with Crippen LogP contribution in [0.2, 0.25) is 5.02 Å². The number of aromatic hydroxyl groups is 1. The second-order valence-corrected chi connectivity index (χ2v) is 7.46. The predicted molar refractivity (Wildman–Crippen MR) is 118 cm³/mol. The van der Waals surface area contributed by atoms with Gasteiger partial charge in [0.2, 0.25) is 0 Å². The van der Waals surface area contributed by atoms with Crippen molar-refractivity contribution < 1.29 is 28.8 Å². The van der Waals surface area contributed by atoms with Crippen LogP contribution in [0.25, 0.3) is 17.4 Å². The van der Waals surface area contributed by atoms with Crippen LogP contribution >= 0.6 is 11.6 Å². The van der Waals surface area contributed by atoms with Gasteiger partial charge in [0.1, 0.15) is 22.8 Å². The van der Waals surface area contributed by atoms with Crippen LogP contribution in [0.1, 0.15) is 11.3 Å². The van der Waals surface area contributed by atoms with Crippen molar-refractivity contribution in [2.24, 2.45) is 0 Å². The monoisotopic (exact) mass is 467 g/mol. The number of imide groups is 2. The Balaban J connectivity index is 1.70. The number of halogens is 1. The fourth-order valence-electron chi connectivity index (χ4n) is 3.17. The van der Waals surface area contributed by atoms with Gasteiger partial charge in [-0.05, 0) is 48.9 Å². The number of phenols is 1. The number of hydrogen-bond acceptors (Lipinski definition) is 7. The number of benzene rings is 2. The van der Waals surface area contributed by atoms with E-state index in [1.54, 1.807) is 13.0 Å². The molecule has 0 atom stereocenters. The summed E-state index contributed by atoms with van der Waals surface area (Å²) in [5, 5.41) is 23.5. The van der Waals surface area contributed by atoms with Crippen LogP contribution in [-0.4, -0.2) is 27.9 Å². The SMILES string of the molecule is Cc1ccc(N2C(=O)NC(=O)/C(=C/c3ccc(-c4cc([N+](=O)[O-])ccc4O)o3)C2=O)cc1Cl. The lowest BCUT2D eigenvalue weighted by Gasteiger charge is -2.26. The van der Waals surface area contributed by atoms with Gasteiger partial charge >= 0.3 is 6.03 Å². The van der Waals surface area contributed by atoms with E-state index in [2.05, 4.69) is 5.32 Å². The van der Waals surface area contributed by atoms with Gasteiger partial charge in [0, 0.05) is 17.2 Å². The number of hydrogen-bond donors (Lipinski definition) is 2. The van der Waals surface area contributed by atoms with Gasteiger partial charge in [0.25, 0.3) is 17.5 Å². The molecule has 2 aromatic carbocycles. The number of anilines is 1. The minimum atomic E-state index is -0.927. The van der Waals surface area contributed by atoms with E-state index < -0.39 is 22.8 Å². The van der Waals surface area contributed by atoms with Crippen molar-refractivity contribution in [2.45, 2.75) is 6.92 Å². The van der Waals surface area contributed by atoms with E-state index in [1.165, 1.54) is 24.3 Å². The summed E-state index contributed by atoms with van der Waals surface area (Å²) in [5.74, 6) is -1.94. The molecule has 0 bridgehead atoms. The summed E-state index contributed by atoms with van der Waals surface area (Å²) in [7, 11) is 0. The molecule has 0 aliphatic carbocycles. The molecule has 11 heteroatoms. The molecule has 0 saturated carbocycles. The number of nitro groups is 1. The summed E-state index contributed by atoms with van der Waals surface area (Å²) in [6.45, 7) is 1.76. The Bertz CT molecular complexity index is 1380. The Labute approximate surface area is 190 Å². The average Bonchev–Trinajstić information content (AvgIpc) is 3.22. The second kappa shape index (κ2) is 8.24. The molecule has 3 aromatic rings. The third-order valence-corrected chi connectivity index (χ3v) is 5.29. The maximum Gasteiger partial charge on any atom is 0.335 e. The predicted octanol–water partition coefficient (Wildman–Crippen LogP) is 4.19. The Morgan fingerprint density at radius 2 is 1.88 bits per heavy atom. The summed E-state index contributed by atoms with van der Waals surface area (Å²) >= 11 is 6.10. The lowest BCUT2D eigenvalue weighted by molar-refractivity contribution is -0.384. The van der Waals surface area contributed by atoms with E-state index in [4.69, 9.17) is 16.0 Å². The van der Waals surface area contributed by atoms with Gasteiger partial charge in [0.15, 0.2) is 0 Å². The number of aryl methyl sites for hydroxylation is 1. The van der Waals surface area contributed by atoms with Gasteiger partial charge in [-0.1, -0.05) is 17.7 Å². The molecule has 1 aliphatic heterocycles. The molecule has 1 fully saturated rings. The highest BCUT2D eigenvalue weighted by Gasteiger charge is 2.37. The average molecular weight is 468 g/mol. The van der Waals surface area contributed by atoms with E-state index in [1.807, 2.05) is 0 Å². The van der Waals surface area contributed by atoms with Crippen molar-refractivity contribution in [2.75, 3.05) is 4.90 Å². The molecule has 2 heterocycles. The largest absolute Gasteiger partial charge is 0.507 e. The summed E-state index contributed by atoms with van der Waals surface area (Å²) in [6.07, 6.45) is 1.13. The number of nitro benzene ring substituents is 1. The number of furan rings is 1. The molecule has 1 saturated heterocycles. The molecular formula is C22H14ClN3O7. The fourth-order valence-corrected chi connectivity index (χ4v) is 3.34. The first kappa shape index (κ1) is 21.8. The molecule has 0 unspecified atom stereocenters. The van der Waals surface area contributed by atoms with Crippen molar-refractivity contribution in [1.82, 2.24) is 5.32 Å². The number of rotatable bonds is 4. The van der Waals surface area contributed by atoms with Crippen LogP contribution in [0.5, 0.6) is 5.75 Å². The van der Waals surface area contributed by atoms with Crippen molar-refractivity contribution in [3.8, 4) is 17.1 Å². The van der Waals surface area contributed by atoms with Gasteiger partial charge in [-0.25, -0.2) is 9.69 Å². The zero-order chi connectivity index (χ0) is 23.9. The fraction of sp³-hybridized carbons (Fsp3) is 0.0455. The lowest BCUT2D eigenvalue weighted by atomic mass is 10.1. The Morgan fingerprint density at radius 1 is 1.12 bits per heavy atom. The smallest absolute Gasteiger partial charge is 0.335 e. The zero-order valence-corrected chi connectivity index (χ0v) is 17.6. The van der Waals surface area contributed by atoms with Crippen LogP contribution < -0.4 is 10.2 Å². The summed E-state index contributed by atoms with van der Waals surface area (Å²) in [4.78, 5) is 48.8. The molecule has 4 amide bonds. The number of nitrogens with zero attached hydrogens (tertiary/aromatic N) is 2. The van der Waals surface area contributed by atoms with Gasteiger partial charge in [0.05, 0.1) is 16.2 Å². The Morgan fingerprint density at radius 3 is 2.58 bits per heavy atom. The first-order valence-corrected chi connectivity index (χ1v) is 9.78. The highest BCUT2D eigenvalue weighted by molar-refractivity contribution is 6.39. The van der Waals surface area contributed by atoms with Crippen LogP contribution in [0, 0.1) is 17.0 Å². The van der Waals surface area contributed by atoms with Gasteiger partial charge in [-0.2, -0.15) is 0 Å². The molecule has 0 spiro atoms. The van der Waals surface area contributed by atoms with Crippen LogP contribution in [0.15, 0.2) is 58.5 Å². The third-order valence-electron chi connectivity index (χ3n) is 4.89. The Hall–Kier alpha value is -4.44. The highest BCUT2D eigenvalue weighted by Crippen LogP contribution is 2.34. The summed E-state index contributed by atoms with van der Waals surface area (Å²) in [6, 6.07) is 9.89. The quantitative estimate of drug-likeness (QED) is 0.253. The topological polar surface area (TPSA) is 143 Å². The maximum atomic E-state index is 13.0. The molecule has 33 heavy (non-hydrogen) atoms. The standard InChI is InChI=1S/C22H14ClN3O7/c1-11-2-3-12(9-17(11)23)25-21(29)16(20(28)24-22(25)30)10-14-5-7-19(33-14)15-8-13(26(31)32)4-6-18(15)27/h2-10,27H,1H3,(H,24,28,30)/b16-10-. The van der Waals surface area contributed by atoms with E-state index in [9.17, 15) is 29.6 Å². The summed E-state index contributed by atoms with van der Waals surface area (Å²) in [5.41, 5.74) is 0.333. The number of non-ortho nitro benzene ring substituents is 1. The molecule has 4 rings (SSSR count). The first-order chi connectivity index (χ1) is 15.7. The number of phenolic OH excluding ortho intramolecular Hbond substituents is 1. The van der Waals surface area contributed by atoms with Crippen molar-refractivity contribution in [3.63, 3.8) is 0 Å². The minimum Gasteiger partial charge on any atom is -0.507 e. The molecule has 10 nitrogen and oxygen atoms in total. The number of urea groups is 1. The molecule has 0 radical (unpaired) electrons. The maximum absolute atomic E-state index is 13.0. The number of carbonyl (C=O) groups is 3. The third kappa shape index (κ3) is 4.06. The molecule has 1 aliphatic rings. The molecule has 2 N–H and O–H groups in total. The number of barbiturate groups is 1. The lowest BCUT2D eigenvalue weighted by Crippen LogP contribution is -2.54. The zero-order valence-electron chi connectivity index (χ0n) is 16.9. The van der Waals surface area contributed by atoms with Crippen LogP contribution in [-0.2, 0) is 9.59 Å². The van der Waals surface area contributed by atoms with E-state index in [0.29, 0.717) is 5.02 Å². The minimum absolute atomic E-state index is 0.0469. The normalized spacial score (nSPS) is 15.2. The van der Waals surface area contributed by atoms with Crippen molar-refractivity contribution in [3.05, 3.63) is 80.6 Å². The first-order valence-electron chi connectivity index (χ1n) is 9.41. The van der Waals surface area contributed by atoms with Crippen LogP contribution in [0.4, 0.5) is 16.2 Å².